The second-order valence-electron chi connectivity index (χ2n) is 4.55. The summed E-state index contributed by atoms with van der Waals surface area (Å²) in [6, 6.07) is 8.32. The Bertz CT molecular complexity index is 313. The molecule has 1 atom stereocenters. The van der Waals surface area contributed by atoms with E-state index in [0.29, 0.717) is 12.7 Å². The number of hydrogen-bond acceptors (Lipinski definition) is 2. The molecule has 3 heteroatoms. The molecule has 0 amide bonds. The zero-order valence-corrected chi connectivity index (χ0v) is 13.0. The Morgan fingerprint density at radius 1 is 1.17 bits per heavy atom. The zero-order chi connectivity index (χ0) is 13.2. The van der Waals surface area contributed by atoms with Gasteiger partial charge >= 0.3 is 0 Å². The van der Waals surface area contributed by atoms with Gasteiger partial charge in [-0.15, -0.1) is 0 Å². The van der Waals surface area contributed by atoms with Gasteiger partial charge in [0.05, 0.1) is 12.7 Å². The summed E-state index contributed by atoms with van der Waals surface area (Å²) in [5.41, 5.74) is 1.23. The zero-order valence-electron chi connectivity index (χ0n) is 11.4. The summed E-state index contributed by atoms with van der Waals surface area (Å²) < 4.78 is 7.09. The highest BCUT2D eigenvalue weighted by molar-refractivity contribution is 9.10. The van der Waals surface area contributed by atoms with Crippen molar-refractivity contribution in [1.82, 2.24) is 5.32 Å². The summed E-state index contributed by atoms with van der Waals surface area (Å²) in [5.74, 6) is 0. The first-order chi connectivity index (χ1) is 8.76. The van der Waals surface area contributed by atoms with Crippen LogP contribution < -0.4 is 5.32 Å². The summed E-state index contributed by atoms with van der Waals surface area (Å²) >= 11 is 3.44. The van der Waals surface area contributed by atoms with E-state index in [1.165, 1.54) is 18.4 Å². The van der Waals surface area contributed by atoms with E-state index in [9.17, 15) is 0 Å². The second-order valence-corrected chi connectivity index (χ2v) is 5.47. The predicted molar refractivity (Wildman–Crippen MR) is 80.8 cm³/mol. The minimum absolute atomic E-state index is 0.324. The van der Waals surface area contributed by atoms with Gasteiger partial charge in [0.15, 0.2) is 0 Å². The molecule has 0 saturated heterocycles. The summed E-state index contributed by atoms with van der Waals surface area (Å²) in [7, 11) is 0. The van der Waals surface area contributed by atoms with Gasteiger partial charge in [0.2, 0.25) is 0 Å². The third-order valence-corrected chi connectivity index (χ3v) is 3.34. The van der Waals surface area contributed by atoms with E-state index in [4.69, 9.17) is 4.74 Å². The standard InChI is InChI=1S/C15H24BrNO/c1-3-5-15(11-17-10-4-2)18-12-13-6-8-14(16)9-7-13/h6-9,15,17H,3-5,10-12H2,1-2H3. The Labute approximate surface area is 119 Å². The number of ether oxygens (including phenoxy) is 1. The molecule has 0 spiro atoms. The predicted octanol–water partition coefficient (Wildman–Crippen LogP) is 4.13. The Morgan fingerprint density at radius 3 is 2.50 bits per heavy atom. The summed E-state index contributed by atoms with van der Waals surface area (Å²) in [6.45, 7) is 7.12. The average molecular weight is 314 g/mol. The topological polar surface area (TPSA) is 21.3 Å². The monoisotopic (exact) mass is 313 g/mol. The van der Waals surface area contributed by atoms with Crippen molar-refractivity contribution in [2.45, 2.75) is 45.8 Å². The van der Waals surface area contributed by atoms with Crippen LogP contribution in [0.5, 0.6) is 0 Å². The Morgan fingerprint density at radius 2 is 1.89 bits per heavy atom. The molecule has 0 aliphatic carbocycles. The molecule has 102 valence electrons. The van der Waals surface area contributed by atoms with Crippen LogP contribution in [0, 0.1) is 0 Å². The van der Waals surface area contributed by atoms with E-state index in [1.807, 2.05) is 0 Å². The fourth-order valence-corrected chi connectivity index (χ4v) is 2.07. The van der Waals surface area contributed by atoms with Gasteiger partial charge in [0, 0.05) is 11.0 Å². The summed E-state index contributed by atoms with van der Waals surface area (Å²) in [6.07, 6.45) is 3.78. The molecule has 1 N–H and O–H groups in total. The lowest BCUT2D eigenvalue weighted by Gasteiger charge is -2.18. The molecule has 1 aromatic carbocycles. The van der Waals surface area contributed by atoms with Crippen molar-refractivity contribution >= 4 is 15.9 Å². The van der Waals surface area contributed by atoms with E-state index < -0.39 is 0 Å². The SMILES string of the molecule is CCCNCC(CCC)OCc1ccc(Br)cc1. The van der Waals surface area contributed by atoms with Crippen LogP contribution in [0.1, 0.15) is 38.7 Å². The lowest BCUT2D eigenvalue weighted by molar-refractivity contribution is 0.0349. The first kappa shape index (κ1) is 15.7. The van der Waals surface area contributed by atoms with Crippen LogP contribution in [0.4, 0.5) is 0 Å². The number of hydrogen-bond donors (Lipinski definition) is 1. The van der Waals surface area contributed by atoms with Gasteiger partial charge in [-0.3, -0.25) is 0 Å². The van der Waals surface area contributed by atoms with E-state index in [1.54, 1.807) is 0 Å². The van der Waals surface area contributed by atoms with Gasteiger partial charge in [-0.2, -0.15) is 0 Å². The van der Waals surface area contributed by atoms with Crippen LogP contribution in [0.15, 0.2) is 28.7 Å². The van der Waals surface area contributed by atoms with Crippen LogP contribution in [0.3, 0.4) is 0 Å². The third-order valence-electron chi connectivity index (χ3n) is 2.81. The Kier molecular flexibility index (Phi) is 8.31. The van der Waals surface area contributed by atoms with E-state index in [2.05, 4.69) is 59.4 Å². The molecule has 0 heterocycles. The minimum atomic E-state index is 0.324. The molecule has 1 rings (SSSR count). The van der Waals surface area contributed by atoms with Gasteiger partial charge in [-0.05, 0) is 37.1 Å². The first-order valence-corrected chi connectivity index (χ1v) is 7.62. The van der Waals surface area contributed by atoms with Crippen LogP contribution in [-0.4, -0.2) is 19.2 Å². The fraction of sp³-hybridized carbons (Fsp3) is 0.600. The lowest BCUT2D eigenvalue weighted by atomic mass is 10.2. The molecule has 0 aliphatic rings. The van der Waals surface area contributed by atoms with Crippen LogP contribution >= 0.6 is 15.9 Å². The third kappa shape index (κ3) is 6.53. The van der Waals surface area contributed by atoms with Crippen molar-refractivity contribution < 1.29 is 4.74 Å². The van der Waals surface area contributed by atoms with Crippen molar-refractivity contribution in [3.8, 4) is 0 Å². The van der Waals surface area contributed by atoms with E-state index in [0.717, 1.165) is 24.0 Å². The molecule has 1 aromatic rings. The summed E-state index contributed by atoms with van der Waals surface area (Å²) in [4.78, 5) is 0. The smallest absolute Gasteiger partial charge is 0.0721 e. The van der Waals surface area contributed by atoms with E-state index >= 15 is 0 Å². The second kappa shape index (κ2) is 9.54. The minimum Gasteiger partial charge on any atom is -0.372 e. The lowest BCUT2D eigenvalue weighted by Crippen LogP contribution is -2.29. The molecule has 0 saturated carbocycles. The van der Waals surface area contributed by atoms with Crippen molar-refractivity contribution in [2.75, 3.05) is 13.1 Å². The maximum absolute atomic E-state index is 5.98. The maximum Gasteiger partial charge on any atom is 0.0721 e. The molecular formula is C15H24BrNO. The van der Waals surface area contributed by atoms with Crippen molar-refractivity contribution in [3.05, 3.63) is 34.3 Å². The molecular weight excluding hydrogens is 290 g/mol. The molecule has 0 aromatic heterocycles. The number of rotatable bonds is 9. The van der Waals surface area contributed by atoms with Crippen LogP contribution in [-0.2, 0) is 11.3 Å². The molecule has 2 nitrogen and oxygen atoms in total. The maximum atomic E-state index is 5.98. The van der Waals surface area contributed by atoms with Gasteiger partial charge in [0.1, 0.15) is 0 Å². The van der Waals surface area contributed by atoms with Gasteiger partial charge < -0.3 is 10.1 Å². The summed E-state index contributed by atoms with van der Waals surface area (Å²) in [5, 5.41) is 3.43. The average Bonchev–Trinajstić information content (AvgIpc) is 2.38. The largest absolute Gasteiger partial charge is 0.372 e. The highest BCUT2D eigenvalue weighted by atomic mass is 79.9. The molecule has 0 bridgehead atoms. The Balaban J connectivity index is 2.33. The van der Waals surface area contributed by atoms with Crippen LogP contribution in [0.25, 0.3) is 0 Å². The number of nitrogens with one attached hydrogen (secondary N) is 1. The molecule has 18 heavy (non-hydrogen) atoms. The van der Waals surface area contributed by atoms with Crippen molar-refractivity contribution in [1.29, 1.82) is 0 Å². The first-order valence-electron chi connectivity index (χ1n) is 6.83. The van der Waals surface area contributed by atoms with Gasteiger partial charge in [-0.25, -0.2) is 0 Å². The van der Waals surface area contributed by atoms with E-state index in [-0.39, 0.29) is 0 Å². The molecule has 0 fully saturated rings. The number of benzene rings is 1. The molecule has 0 radical (unpaired) electrons. The normalized spacial score (nSPS) is 12.6. The van der Waals surface area contributed by atoms with Gasteiger partial charge in [-0.1, -0.05) is 48.3 Å². The Hall–Kier alpha value is -0.380. The molecule has 0 aliphatic heterocycles. The van der Waals surface area contributed by atoms with Crippen molar-refractivity contribution in [3.63, 3.8) is 0 Å². The number of halogens is 1. The van der Waals surface area contributed by atoms with Crippen molar-refractivity contribution in [2.24, 2.45) is 0 Å². The highest BCUT2D eigenvalue weighted by Crippen LogP contribution is 2.12. The fourth-order valence-electron chi connectivity index (χ4n) is 1.80. The van der Waals surface area contributed by atoms with Gasteiger partial charge in [0.25, 0.3) is 0 Å². The quantitative estimate of drug-likeness (QED) is 0.692. The molecule has 1 unspecified atom stereocenters. The van der Waals surface area contributed by atoms with Crippen LogP contribution in [0.2, 0.25) is 0 Å². The highest BCUT2D eigenvalue weighted by Gasteiger charge is 2.07.